The lowest BCUT2D eigenvalue weighted by Crippen LogP contribution is -2.53. The van der Waals surface area contributed by atoms with Crippen molar-refractivity contribution in [3.05, 3.63) is 35.9 Å². The first kappa shape index (κ1) is 30.1. The summed E-state index contributed by atoms with van der Waals surface area (Å²) < 4.78 is 11.2. The highest BCUT2D eigenvalue weighted by Gasteiger charge is 2.41. The first-order valence-corrected chi connectivity index (χ1v) is 16.1. The second-order valence-corrected chi connectivity index (χ2v) is 14.0. The van der Waals surface area contributed by atoms with E-state index in [2.05, 4.69) is 9.80 Å². The van der Waals surface area contributed by atoms with Crippen molar-refractivity contribution in [2.24, 2.45) is 11.3 Å². The monoisotopic (exact) mass is 568 g/mol. The van der Waals surface area contributed by atoms with Crippen molar-refractivity contribution in [3.8, 4) is 0 Å². The number of rotatable bonds is 5. The summed E-state index contributed by atoms with van der Waals surface area (Å²) in [5, 5.41) is 0. The van der Waals surface area contributed by atoms with Crippen LogP contribution in [0, 0.1) is 11.3 Å². The fourth-order valence-electron chi connectivity index (χ4n) is 7.45. The van der Waals surface area contributed by atoms with Crippen molar-refractivity contribution in [1.29, 1.82) is 0 Å². The maximum absolute atomic E-state index is 12.6. The number of piperidine rings is 4. The Balaban J connectivity index is 0.995. The van der Waals surface area contributed by atoms with Gasteiger partial charge in [-0.15, -0.1) is 0 Å². The number of carbonyl (C=O) groups is 2. The Kier molecular flexibility index (Phi) is 9.80. The molecule has 2 amide bonds. The smallest absolute Gasteiger partial charge is 0.410 e. The summed E-state index contributed by atoms with van der Waals surface area (Å²) in [7, 11) is 0. The minimum absolute atomic E-state index is 0.152. The average molecular weight is 569 g/mol. The highest BCUT2D eigenvalue weighted by Crippen LogP contribution is 2.40. The second kappa shape index (κ2) is 13.3. The quantitative estimate of drug-likeness (QED) is 0.460. The van der Waals surface area contributed by atoms with E-state index in [1.807, 2.05) is 60.9 Å². The Morgan fingerprint density at radius 3 is 2.15 bits per heavy atom. The molecule has 8 heteroatoms. The highest BCUT2D eigenvalue weighted by atomic mass is 16.6. The van der Waals surface area contributed by atoms with E-state index in [0.29, 0.717) is 18.1 Å². The molecular weight excluding hydrogens is 516 g/mol. The van der Waals surface area contributed by atoms with Crippen molar-refractivity contribution in [1.82, 2.24) is 19.6 Å². The fourth-order valence-corrected chi connectivity index (χ4v) is 7.45. The van der Waals surface area contributed by atoms with Gasteiger partial charge in [-0.05, 0) is 109 Å². The molecule has 0 unspecified atom stereocenters. The molecule has 4 aliphatic heterocycles. The van der Waals surface area contributed by atoms with Crippen molar-refractivity contribution in [2.75, 3.05) is 58.9 Å². The highest BCUT2D eigenvalue weighted by molar-refractivity contribution is 5.68. The molecule has 41 heavy (non-hydrogen) atoms. The van der Waals surface area contributed by atoms with Crippen LogP contribution >= 0.6 is 0 Å². The van der Waals surface area contributed by atoms with Gasteiger partial charge in [-0.25, -0.2) is 9.59 Å². The Morgan fingerprint density at radius 2 is 1.49 bits per heavy atom. The molecule has 4 saturated heterocycles. The lowest BCUT2D eigenvalue weighted by Gasteiger charge is -2.49. The molecular formula is C33H52N4O4. The molecule has 0 bridgehead atoms. The molecule has 0 saturated carbocycles. The molecule has 0 radical (unpaired) electrons. The maximum Gasteiger partial charge on any atom is 0.410 e. The van der Waals surface area contributed by atoms with Crippen LogP contribution in [0.1, 0.15) is 77.7 Å². The molecule has 4 aliphatic rings. The second-order valence-electron chi connectivity index (χ2n) is 14.0. The molecule has 228 valence electrons. The number of amides is 2. The van der Waals surface area contributed by atoms with E-state index in [4.69, 9.17) is 9.47 Å². The standard InChI is InChI=1S/C33H52N4O4/c1-32(2,3)41-31(39)37-22-15-33(16-23-37)14-7-17-34(26-33)24-27-10-18-35(19-11-27)29-12-20-36(21-13-29)30(38)40-25-28-8-5-4-6-9-28/h4-6,8-9,27,29H,7,10-26H2,1-3H3. The summed E-state index contributed by atoms with van der Waals surface area (Å²) in [4.78, 5) is 34.3. The van der Waals surface area contributed by atoms with Crippen LogP contribution in [0.15, 0.2) is 30.3 Å². The number of hydrogen-bond donors (Lipinski definition) is 0. The van der Waals surface area contributed by atoms with Gasteiger partial charge in [0, 0.05) is 45.3 Å². The fraction of sp³-hybridized carbons (Fsp3) is 0.758. The zero-order chi connectivity index (χ0) is 28.9. The number of nitrogens with zero attached hydrogens (tertiary/aromatic N) is 4. The number of hydrogen-bond acceptors (Lipinski definition) is 6. The molecule has 1 aromatic carbocycles. The first-order chi connectivity index (χ1) is 19.7. The van der Waals surface area contributed by atoms with Crippen LogP contribution in [0.5, 0.6) is 0 Å². The van der Waals surface area contributed by atoms with E-state index in [0.717, 1.165) is 63.3 Å². The van der Waals surface area contributed by atoms with E-state index in [9.17, 15) is 9.59 Å². The molecule has 0 aromatic heterocycles. The molecule has 5 rings (SSSR count). The van der Waals surface area contributed by atoms with Gasteiger partial charge in [0.2, 0.25) is 0 Å². The number of carbonyl (C=O) groups excluding carboxylic acids is 2. The summed E-state index contributed by atoms with van der Waals surface area (Å²) in [6.45, 7) is 15.4. The number of likely N-dealkylation sites (tertiary alicyclic amines) is 4. The normalized spacial score (nSPS) is 23.5. The largest absolute Gasteiger partial charge is 0.445 e. The molecule has 0 aliphatic carbocycles. The van der Waals surface area contributed by atoms with Gasteiger partial charge >= 0.3 is 12.2 Å². The molecule has 4 heterocycles. The van der Waals surface area contributed by atoms with Crippen LogP contribution in [-0.2, 0) is 16.1 Å². The van der Waals surface area contributed by atoms with E-state index >= 15 is 0 Å². The predicted octanol–water partition coefficient (Wildman–Crippen LogP) is 5.61. The minimum atomic E-state index is -0.433. The third-order valence-corrected chi connectivity index (χ3v) is 9.83. The van der Waals surface area contributed by atoms with Crippen LogP contribution in [0.2, 0.25) is 0 Å². The Bertz CT molecular complexity index is 988. The van der Waals surface area contributed by atoms with Crippen molar-refractivity contribution in [3.63, 3.8) is 0 Å². The summed E-state index contributed by atoms with van der Waals surface area (Å²) in [6, 6.07) is 10.5. The van der Waals surface area contributed by atoms with Crippen molar-refractivity contribution >= 4 is 12.2 Å². The zero-order valence-corrected chi connectivity index (χ0v) is 25.7. The van der Waals surface area contributed by atoms with Crippen molar-refractivity contribution in [2.45, 2.75) is 90.4 Å². The third kappa shape index (κ3) is 8.38. The third-order valence-electron chi connectivity index (χ3n) is 9.83. The lowest BCUT2D eigenvalue weighted by molar-refractivity contribution is -0.0108. The van der Waals surface area contributed by atoms with E-state index in [1.54, 1.807) is 0 Å². The van der Waals surface area contributed by atoms with E-state index in [1.165, 1.54) is 58.4 Å². The molecule has 8 nitrogen and oxygen atoms in total. The van der Waals surface area contributed by atoms with Crippen LogP contribution in [0.25, 0.3) is 0 Å². The van der Waals surface area contributed by atoms with Crippen LogP contribution in [0.3, 0.4) is 0 Å². The van der Waals surface area contributed by atoms with Gasteiger partial charge in [0.25, 0.3) is 0 Å². The summed E-state index contributed by atoms with van der Waals surface area (Å²) >= 11 is 0. The Morgan fingerprint density at radius 1 is 0.829 bits per heavy atom. The van der Waals surface area contributed by atoms with E-state index < -0.39 is 5.60 Å². The summed E-state index contributed by atoms with van der Waals surface area (Å²) in [6.07, 6.45) is 9.06. The molecule has 1 aromatic rings. The van der Waals surface area contributed by atoms with Gasteiger partial charge in [0.1, 0.15) is 12.2 Å². The van der Waals surface area contributed by atoms with E-state index in [-0.39, 0.29) is 12.2 Å². The van der Waals surface area contributed by atoms with Crippen LogP contribution in [-0.4, -0.2) is 102 Å². The molecule has 1 spiro atoms. The van der Waals surface area contributed by atoms with Crippen LogP contribution in [0.4, 0.5) is 9.59 Å². The van der Waals surface area contributed by atoms with Crippen LogP contribution < -0.4 is 0 Å². The maximum atomic E-state index is 12.6. The summed E-state index contributed by atoms with van der Waals surface area (Å²) in [5.41, 5.74) is 0.965. The Hall–Kier alpha value is -2.32. The predicted molar refractivity (Wildman–Crippen MR) is 161 cm³/mol. The van der Waals surface area contributed by atoms with Gasteiger partial charge in [-0.3, -0.25) is 0 Å². The Labute approximate surface area is 247 Å². The zero-order valence-electron chi connectivity index (χ0n) is 25.7. The summed E-state index contributed by atoms with van der Waals surface area (Å²) in [5.74, 6) is 0.774. The van der Waals surface area contributed by atoms with Gasteiger partial charge in [0.15, 0.2) is 0 Å². The molecule has 0 N–H and O–H groups in total. The lowest BCUT2D eigenvalue weighted by atomic mass is 9.72. The van der Waals surface area contributed by atoms with Gasteiger partial charge in [-0.2, -0.15) is 0 Å². The number of benzene rings is 1. The van der Waals surface area contributed by atoms with Gasteiger partial charge < -0.3 is 29.1 Å². The molecule has 4 fully saturated rings. The average Bonchev–Trinajstić information content (AvgIpc) is 2.96. The minimum Gasteiger partial charge on any atom is -0.445 e. The SMILES string of the molecule is CC(C)(C)OC(=O)N1CCC2(CCCN(CC3CCN(C4CCN(C(=O)OCc5ccccc5)CC4)CC3)C2)CC1. The van der Waals surface area contributed by atoms with Crippen molar-refractivity contribution < 1.29 is 19.1 Å². The topological polar surface area (TPSA) is 65.6 Å². The van der Waals surface area contributed by atoms with Gasteiger partial charge in [-0.1, -0.05) is 30.3 Å². The first-order valence-electron chi connectivity index (χ1n) is 16.1. The molecule has 0 atom stereocenters. The number of ether oxygens (including phenoxy) is 2. The van der Waals surface area contributed by atoms with Gasteiger partial charge in [0.05, 0.1) is 0 Å².